The van der Waals surface area contributed by atoms with Crippen molar-refractivity contribution in [1.82, 2.24) is 15.5 Å². The zero-order valence-corrected chi connectivity index (χ0v) is 14.1. The number of amides is 2. The Morgan fingerprint density at radius 3 is 2.88 bits per heavy atom. The number of hydrogen-bond donors (Lipinski definition) is 2. The minimum absolute atomic E-state index is 0.0955. The van der Waals surface area contributed by atoms with Crippen LogP contribution in [0.5, 0.6) is 5.75 Å². The fourth-order valence-corrected chi connectivity index (χ4v) is 3.41. The first-order valence-electron chi connectivity index (χ1n) is 8.62. The molecule has 1 aromatic carbocycles. The van der Waals surface area contributed by atoms with E-state index in [-0.39, 0.29) is 23.8 Å². The van der Waals surface area contributed by atoms with E-state index in [1.807, 2.05) is 11.0 Å². The van der Waals surface area contributed by atoms with Crippen molar-refractivity contribution in [3.05, 3.63) is 29.8 Å². The summed E-state index contributed by atoms with van der Waals surface area (Å²) in [7, 11) is 1.58. The van der Waals surface area contributed by atoms with Gasteiger partial charge in [0.1, 0.15) is 5.75 Å². The predicted octanol–water partition coefficient (Wildman–Crippen LogP) is 1.03. The number of methoxy groups -OCH3 is 1. The Balaban J connectivity index is 1.47. The molecule has 130 valence electrons. The molecule has 0 aliphatic carbocycles. The van der Waals surface area contributed by atoms with Crippen molar-refractivity contribution in [3.63, 3.8) is 0 Å². The quantitative estimate of drug-likeness (QED) is 0.845. The number of benzene rings is 1. The lowest BCUT2D eigenvalue weighted by Crippen LogP contribution is -2.42. The van der Waals surface area contributed by atoms with Gasteiger partial charge in [-0.25, -0.2) is 0 Å². The van der Waals surface area contributed by atoms with E-state index in [0.29, 0.717) is 17.9 Å². The maximum atomic E-state index is 12.4. The van der Waals surface area contributed by atoms with Gasteiger partial charge in [0, 0.05) is 31.7 Å². The molecule has 2 amide bonds. The SMILES string of the molecule is COc1cccc(C(=O)NCC2CNC(C(=O)N3CCCC3)C2)c1. The molecule has 1 aromatic rings. The number of nitrogens with zero attached hydrogens (tertiary/aromatic N) is 1. The van der Waals surface area contributed by atoms with Crippen LogP contribution in [0.25, 0.3) is 0 Å². The molecule has 3 rings (SSSR count). The molecule has 0 spiro atoms. The number of carbonyl (C=O) groups is 2. The molecule has 2 atom stereocenters. The Labute approximate surface area is 142 Å². The first-order chi connectivity index (χ1) is 11.7. The summed E-state index contributed by atoms with van der Waals surface area (Å²) in [5.74, 6) is 1.06. The number of likely N-dealkylation sites (tertiary alicyclic amines) is 1. The monoisotopic (exact) mass is 331 g/mol. The van der Waals surface area contributed by atoms with Crippen molar-refractivity contribution in [2.75, 3.05) is 33.3 Å². The molecule has 0 bridgehead atoms. The third kappa shape index (κ3) is 3.87. The van der Waals surface area contributed by atoms with E-state index in [1.54, 1.807) is 25.3 Å². The van der Waals surface area contributed by atoms with E-state index in [9.17, 15) is 9.59 Å². The average Bonchev–Trinajstić information content (AvgIpc) is 3.31. The molecule has 2 heterocycles. The summed E-state index contributed by atoms with van der Waals surface area (Å²) in [6, 6.07) is 7.01. The van der Waals surface area contributed by atoms with E-state index in [4.69, 9.17) is 4.74 Å². The maximum absolute atomic E-state index is 12.4. The second-order valence-electron chi connectivity index (χ2n) is 6.54. The minimum Gasteiger partial charge on any atom is -0.497 e. The van der Waals surface area contributed by atoms with E-state index >= 15 is 0 Å². The lowest BCUT2D eigenvalue weighted by Gasteiger charge is -2.20. The van der Waals surface area contributed by atoms with E-state index in [1.165, 1.54) is 0 Å². The molecule has 2 N–H and O–H groups in total. The van der Waals surface area contributed by atoms with Gasteiger partial charge in [0.25, 0.3) is 5.91 Å². The molecule has 2 aliphatic rings. The van der Waals surface area contributed by atoms with Crippen LogP contribution in [0.2, 0.25) is 0 Å². The molecule has 2 unspecified atom stereocenters. The highest BCUT2D eigenvalue weighted by Crippen LogP contribution is 2.18. The van der Waals surface area contributed by atoms with Gasteiger partial charge in [-0.05, 0) is 43.4 Å². The summed E-state index contributed by atoms with van der Waals surface area (Å²) in [4.78, 5) is 26.6. The van der Waals surface area contributed by atoms with Gasteiger partial charge in [0.15, 0.2) is 0 Å². The third-order valence-electron chi connectivity index (χ3n) is 4.82. The molecule has 2 fully saturated rings. The first kappa shape index (κ1) is 16.8. The number of hydrogen-bond acceptors (Lipinski definition) is 4. The second-order valence-corrected chi connectivity index (χ2v) is 6.54. The highest BCUT2D eigenvalue weighted by molar-refractivity contribution is 5.94. The summed E-state index contributed by atoms with van der Waals surface area (Å²) >= 11 is 0. The molecule has 0 aromatic heterocycles. The number of rotatable bonds is 5. The van der Waals surface area contributed by atoms with Crippen molar-refractivity contribution >= 4 is 11.8 Å². The largest absolute Gasteiger partial charge is 0.497 e. The number of carbonyl (C=O) groups excluding carboxylic acids is 2. The van der Waals surface area contributed by atoms with Crippen molar-refractivity contribution in [2.45, 2.75) is 25.3 Å². The second kappa shape index (κ2) is 7.66. The van der Waals surface area contributed by atoms with E-state index in [0.717, 1.165) is 38.9 Å². The smallest absolute Gasteiger partial charge is 0.251 e. The van der Waals surface area contributed by atoms with Gasteiger partial charge in [-0.3, -0.25) is 9.59 Å². The Hall–Kier alpha value is -2.08. The van der Waals surface area contributed by atoms with Crippen LogP contribution in [0.4, 0.5) is 0 Å². The molecule has 24 heavy (non-hydrogen) atoms. The van der Waals surface area contributed by atoms with E-state index < -0.39 is 0 Å². The molecule has 2 aliphatic heterocycles. The number of ether oxygens (including phenoxy) is 1. The molecule has 2 saturated heterocycles. The molecule has 6 heteroatoms. The standard InChI is InChI=1S/C18H25N3O3/c1-24-15-6-4-5-14(10-15)17(22)20-12-13-9-16(19-11-13)18(23)21-7-2-3-8-21/h4-6,10,13,16,19H,2-3,7-9,11-12H2,1H3,(H,20,22). The Bertz CT molecular complexity index is 599. The van der Waals surface area contributed by atoms with Crippen LogP contribution in [0, 0.1) is 5.92 Å². The topological polar surface area (TPSA) is 70.7 Å². The zero-order valence-electron chi connectivity index (χ0n) is 14.1. The van der Waals surface area contributed by atoms with Gasteiger partial charge in [-0.1, -0.05) is 6.07 Å². The Morgan fingerprint density at radius 1 is 1.33 bits per heavy atom. The fourth-order valence-electron chi connectivity index (χ4n) is 3.41. The molecule has 0 radical (unpaired) electrons. The van der Waals surface area contributed by atoms with Crippen LogP contribution in [-0.2, 0) is 4.79 Å². The number of nitrogens with one attached hydrogen (secondary N) is 2. The normalized spacial score (nSPS) is 23.3. The van der Waals surface area contributed by atoms with Crippen molar-refractivity contribution in [3.8, 4) is 5.75 Å². The summed E-state index contributed by atoms with van der Waals surface area (Å²) < 4.78 is 5.14. The lowest BCUT2D eigenvalue weighted by molar-refractivity contribution is -0.132. The van der Waals surface area contributed by atoms with Crippen LogP contribution in [0.3, 0.4) is 0 Å². The van der Waals surface area contributed by atoms with Gasteiger partial charge in [0.2, 0.25) is 5.91 Å². The molecular formula is C18H25N3O3. The molecular weight excluding hydrogens is 306 g/mol. The summed E-state index contributed by atoms with van der Waals surface area (Å²) in [5, 5.41) is 6.26. The fraction of sp³-hybridized carbons (Fsp3) is 0.556. The average molecular weight is 331 g/mol. The van der Waals surface area contributed by atoms with Gasteiger partial charge in [-0.2, -0.15) is 0 Å². The van der Waals surface area contributed by atoms with Gasteiger partial charge in [0.05, 0.1) is 13.2 Å². The third-order valence-corrected chi connectivity index (χ3v) is 4.82. The molecule has 6 nitrogen and oxygen atoms in total. The van der Waals surface area contributed by atoms with Crippen molar-refractivity contribution in [1.29, 1.82) is 0 Å². The van der Waals surface area contributed by atoms with Crippen molar-refractivity contribution < 1.29 is 14.3 Å². The highest BCUT2D eigenvalue weighted by atomic mass is 16.5. The maximum Gasteiger partial charge on any atom is 0.251 e. The first-order valence-corrected chi connectivity index (χ1v) is 8.62. The van der Waals surface area contributed by atoms with Crippen LogP contribution >= 0.6 is 0 Å². The van der Waals surface area contributed by atoms with Crippen LogP contribution in [0.1, 0.15) is 29.6 Å². The van der Waals surface area contributed by atoms with Gasteiger partial charge in [-0.15, -0.1) is 0 Å². The summed E-state index contributed by atoms with van der Waals surface area (Å²) in [6.07, 6.45) is 3.00. The molecule has 0 saturated carbocycles. The van der Waals surface area contributed by atoms with E-state index in [2.05, 4.69) is 10.6 Å². The van der Waals surface area contributed by atoms with Crippen molar-refractivity contribution in [2.24, 2.45) is 5.92 Å². The Kier molecular flexibility index (Phi) is 5.35. The summed E-state index contributed by atoms with van der Waals surface area (Å²) in [6.45, 7) is 3.11. The van der Waals surface area contributed by atoms with Crippen LogP contribution in [0.15, 0.2) is 24.3 Å². The highest BCUT2D eigenvalue weighted by Gasteiger charge is 2.33. The zero-order chi connectivity index (χ0) is 16.9. The van der Waals surface area contributed by atoms with Gasteiger partial charge >= 0.3 is 0 Å². The summed E-state index contributed by atoms with van der Waals surface area (Å²) in [5.41, 5.74) is 0.588. The Morgan fingerprint density at radius 2 is 2.12 bits per heavy atom. The predicted molar refractivity (Wildman–Crippen MR) is 91.0 cm³/mol. The van der Waals surface area contributed by atoms with Crippen LogP contribution < -0.4 is 15.4 Å². The van der Waals surface area contributed by atoms with Gasteiger partial charge < -0.3 is 20.3 Å². The minimum atomic E-state index is -0.108. The lowest BCUT2D eigenvalue weighted by atomic mass is 10.0. The van der Waals surface area contributed by atoms with Crippen LogP contribution in [-0.4, -0.2) is 56.0 Å².